The van der Waals surface area contributed by atoms with Gasteiger partial charge in [-0.2, -0.15) is 0 Å². The van der Waals surface area contributed by atoms with Gasteiger partial charge in [-0.05, 0) is 48.6 Å². The number of benzene rings is 3. The van der Waals surface area contributed by atoms with Crippen molar-refractivity contribution in [1.29, 1.82) is 0 Å². The molecule has 0 amide bonds. The zero-order valence-electron chi connectivity index (χ0n) is 17.0. The maximum atomic E-state index is 12.7. The smallest absolute Gasteiger partial charge is 0.343 e. The van der Waals surface area contributed by atoms with Crippen molar-refractivity contribution in [3.8, 4) is 17.2 Å². The van der Waals surface area contributed by atoms with E-state index in [2.05, 4.69) is 0 Å². The van der Waals surface area contributed by atoms with E-state index in [1.807, 2.05) is 0 Å². The molecule has 0 atom stereocenters. The van der Waals surface area contributed by atoms with Crippen LogP contribution in [0.15, 0.2) is 78.9 Å². The van der Waals surface area contributed by atoms with Gasteiger partial charge in [-0.15, -0.1) is 0 Å². The number of para-hydroxylation sites is 1. The van der Waals surface area contributed by atoms with Crippen molar-refractivity contribution in [2.75, 3.05) is 7.11 Å². The Morgan fingerprint density at radius 2 is 1.52 bits per heavy atom. The number of carbonyl (C=O) groups is 3. The molecule has 3 aromatic carbocycles. The summed E-state index contributed by atoms with van der Waals surface area (Å²) in [7, 11) is 1.50. The van der Waals surface area contributed by atoms with Crippen molar-refractivity contribution in [3.05, 3.63) is 95.6 Å². The zero-order chi connectivity index (χ0) is 22.2. The fourth-order valence-electron chi connectivity index (χ4n) is 2.77. The minimum atomic E-state index is -0.532. The van der Waals surface area contributed by atoms with Gasteiger partial charge >= 0.3 is 11.9 Å². The molecule has 0 heterocycles. The summed E-state index contributed by atoms with van der Waals surface area (Å²) in [4.78, 5) is 36.4. The Bertz CT molecular complexity index is 1130. The summed E-state index contributed by atoms with van der Waals surface area (Å²) in [5.41, 5.74) is 1.14. The molecule has 0 aromatic heterocycles. The summed E-state index contributed by atoms with van der Waals surface area (Å²) >= 11 is 0. The van der Waals surface area contributed by atoms with E-state index in [-0.39, 0.29) is 22.8 Å². The highest BCUT2D eigenvalue weighted by molar-refractivity contribution is 6.09. The second-order valence-electron chi connectivity index (χ2n) is 6.45. The molecule has 0 bridgehead atoms. The van der Waals surface area contributed by atoms with Gasteiger partial charge in [-0.3, -0.25) is 9.59 Å². The van der Waals surface area contributed by atoms with Crippen LogP contribution < -0.4 is 14.2 Å². The van der Waals surface area contributed by atoms with Crippen LogP contribution in [0.4, 0.5) is 0 Å². The lowest BCUT2D eigenvalue weighted by atomic mass is 10.1. The van der Waals surface area contributed by atoms with Crippen molar-refractivity contribution in [2.45, 2.75) is 6.92 Å². The third-order valence-electron chi connectivity index (χ3n) is 4.25. The van der Waals surface area contributed by atoms with E-state index < -0.39 is 11.9 Å². The molecule has 0 aliphatic carbocycles. The van der Waals surface area contributed by atoms with Gasteiger partial charge in [0.05, 0.1) is 18.2 Å². The number of rotatable bonds is 7. The van der Waals surface area contributed by atoms with Crippen LogP contribution in [-0.2, 0) is 4.79 Å². The second kappa shape index (κ2) is 10.0. The van der Waals surface area contributed by atoms with E-state index in [0.29, 0.717) is 16.9 Å². The number of hydrogen-bond donors (Lipinski definition) is 0. The van der Waals surface area contributed by atoms with Gasteiger partial charge in [-0.25, -0.2) is 4.79 Å². The van der Waals surface area contributed by atoms with E-state index >= 15 is 0 Å². The van der Waals surface area contributed by atoms with Gasteiger partial charge in [0.25, 0.3) is 0 Å². The first-order valence-electron chi connectivity index (χ1n) is 9.43. The van der Waals surface area contributed by atoms with E-state index in [4.69, 9.17) is 14.2 Å². The summed E-state index contributed by atoms with van der Waals surface area (Å²) in [6.45, 7) is 1.27. The number of allylic oxidation sites excluding steroid dienone is 1. The summed E-state index contributed by atoms with van der Waals surface area (Å²) in [6, 6.07) is 20.0. The predicted octanol–water partition coefficient (Wildman–Crippen LogP) is 4.74. The standard InChI is InChI=1S/C25H20O6/c1-17(26)30-23-11-7-6-10-21(23)22(27)15-13-18-12-14-20(29-2)16-24(18)31-25(28)19-8-4-3-5-9-19/h3-16H,1-2H3/b15-13+. The van der Waals surface area contributed by atoms with Crippen molar-refractivity contribution in [3.63, 3.8) is 0 Å². The first-order chi connectivity index (χ1) is 15.0. The van der Waals surface area contributed by atoms with Crippen LogP contribution in [0.3, 0.4) is 0 Å². The Hall–Kier alpha value is -4.19. The number of methoxy groups -OCH3 is 1. The summed E-state index contributed by atoms with van der Waals surface area (Å²) in [5, 5.41) is 0. The average Bonchev–Trinajstić information content (AvgIpc) is 2.78. The third kappa shape index (κ3) is 5.67. The summed E-state index contributed by atoms with van der Waals surface area (Å²) < 4.78 is 15.8. The highest BCUT2D eigenvalue weighted by atomic mass is 16.5. The van der Waals surface area contributed by atoms with Gasteiger partial charge in [0.2, 0.25) is 0 Å². The Kier molecular flexibility index (Phi) is 6.96. The Labute approximate surface area is 179 Å². The minimum Gasteiger partial charge on any atom is -0.497 e. The fourth-order valence-corrected chi connectivity index (χ4v) is 2.77. The number of hydrogen-bond acceptors (Lipinski definition) is 6. The van der Waals surface area contributed by atoms with Crippen molar-refractivity contribution >= 4 is 23.8 Å². The van der Waals surface area contributed by atoms with Crippen molar-refractivity contribution < 1.29 is 28.6 Å². The molecule has 31 heavy (non-hydrogen) atoms. The average molecular weight is 416 g/mol. The monoisotopic (exact) mass is 416 g/mol. The van der Waals surface area contributed by atoms with Crippen LogP contribution in [0.5, 0.6) is 17.2 Å². The Morgan fingerprint density at radius 1 is 0.806 bits per heavy atom. The maximum absolute atomic E-state index is 12.7. The molecular formula is C25H20O6. The minimum absolute atomic E-state index is 0.176. The third-order valence-corrected chi connectivity index (χ3v) is 4.25. The molecular weight excluding hydrogens is 396 g/mol. The van der Waals surface area contributed by atoms with Crippen LogP contribution in [-0.4, -0.2) is 24.8 Å². The Morgan fingerprint density at radius 3 is 2.23 bits per heavy atom. The summed E-state index contributed by atoms with van der Waals surface area (Å²) in [5.74, 6) is -0.502. The highest BCUT2D eigenvalue weighted by Gasteiger charge is 2.14. The number of ether oxygens (including phenoxy) is 3. The van der Waals surface area contributed by atoms with Crippen LogP contribution >= 0.6 is 0 Å². The number of ketones is 1. The first kappa shape index (κ1) is 21.5. The molecule has 3 rings (SSSR count). The molecule has 0 saturated heterocycles. The molecule has 6 heteroatoms. The number of esters is 2. The lowest BCUT2D eigenvalue weighted by Crippen LogP contribution is -2.09. The molecule has 0 spiro atoms. The van der Waals surface area contributed by atoms with Crippen LogP contribution in [0, 0.1) is 0 Å². The molecule has 3 aromatic rings. The molecule has 0 radical (unpaired) electrons. The van der Waals surface area contributed by atoms with Crippen LogP contribution in [0.2, 0.25) is 0 Å². The van der Waals surface area contributed by atoms with Gasteiger partial charge in [0.1, 0.15) is 17.2 Å². The molecule has 0 aliphatic heterocycles. The highest BCUT2D eigenvalue weighted by Crippen LogP contribution is 2.27. The van der Waals surface area contributed by atoms with Gasteiger partial charge < -0.3 is 14.2 Å². The van der Waals surface area contributed by atoms with Crippen molar-refractivity contribution in [1.82, 2.24) is 0 Å². The van der Waals surface area contributed by atoms with Gasteiger partial charge in [-0.1, -0.05) is 30.3 Å². The summed E-state index contributed by atoms with van der Waals surface area (Å²) in [6.07, 6.45) is 2.85. The fraction of sp³-hybridized carbons (Fsp3) is 0.0800. The largest absolute Gasteiger partial charge is 0.497 e. The molecule has 0 fully saturated rings. The molecule has 0 saturated carbocycles. The van der Waals surface area contributed by atoms with Gasteiger partial charge in [0, 0.05) is 18.6 Å². The predicted molar refractivity (Wildman–Crippen MR) is 116 cm³/mol. The second-order valence-corrected chi connectivity index (χ2v) is 6.45. The quantitative estimate of drug-likeness (QED) is 0.240. The van der Waals surface area contributed by atoms with Gasteiger partial charge in [0.15, 0.2) is 5.78 Å². The van der Waals surface area contributed by atoms with Crippen molar-refractivity contribution in [2.24, 2.45) is 0 Å². The zero-order valence-corrected chi connectivity index (χ0v) is 17.0. The molecule has 0 N–H and O–H groups in total. The molecule has 0 unspecified atom stereocenters. The molecule has 156 valence electrons. The van der Waals surface area contributed by atoms with Crippen LogP contribution in [0.1, 0.15) is 33.2 Å². The molecule has 6 nitrogen and oxygen atoms in total. The maximum Gasteiger partial charge on any atom is 0.343 e. The van der Waals surface area contributed by atoms with E-state index in [0.717, 1.165) is 0 Å². The van der Waals surface area contributed by atoms with E-state index in [1.165, 1.54) is 26.2 Å². The molecule has 0 aliphatic rings. The topological polar surface area (TPSA) is 78.9 Å². The SMILES string of the molecule is COc1ccc(/C=C/C(=O)c2ccccc2OC(C)=O)c(OC(=O)c2ccccc2)c1. The number of carbonyl (C=O) groups excluding carboxylic acids is 3. The van der Waals surface area contributed by atoms with Crippen LogP contribution in [0.25, 0.3) is 6.08 Å². The van der Waals surface area contributed by atoms with E-state index in [9.17, 15) is 14.4 Å². The Balaban J connectivity index is 1.87. The first-order valence-corrected chi connectivity index (χ1v) is 9.43. The lowest BCUT2D eigenvalue weighted by molar-refractivity contribution is -0.131. The van der Waals surface area contributed by atoms with E-state index in [1.54, 1.807) is 72.8 Å². The lowest BCUT2D eigenvalue weighted by Gasteiger charge is -2.10. The normalized spacial score (nSPS) is 10.5.